The highest BCUT2D eigenvalue weighted by molar-refractivity contribution is 7.99. The summed E-state index contributed by atoms with van der Waals surface area (Å²) in [6, 6.07) is 1.56. The molecule has 0 aromatic carbocycles. The summed E-state index contributed by atoms with van der Waals surface area (Å²) in [6.07, 6.45) is 1.08. The van der Waals surface area contributed by atoms with Crippen LogP contribution in [0.2, 0.25) is 0 Å². The molecule has 0 atom stereocenters. The fraction of sp³-hybridized carbons (Fsp3) is 0.692. The van der Waals surface area contributed by atoms with E-state index in [2.05, 4.69) is 43.0 Å². The van der Waals surface area contributed by atoms with Gasteiger partial charge in [0.25, 0.3) is 5.56 Å². The van der Waals surface area contributed by atoms with Gasteiger partial charge in [0.05, 0.1) is 11.4 Å². The number of nitrogens with one attached hydrogen (secondary N) is 2. The number of thioether (sulfide) groups is 1. The van der Waals surface area contributed by atoms with Crippen molar-refractivity contribution in [3.8, 4) is 0 Å². The Kier molecular flexibility index (Phi) is 5.88. The van der Waals surface area contributed by atoms with Gasteiger partial charge in [0, 0.05) is 17.4 Å². The Morgan fingerprint density at radius 2 is 2.17 bits per heavy atom. The highest BCUT2D eigenvalue weighted by Gasteiger charge is 2.11. The molecule has 2 N–H and O–H groups in total. The predicted molar refractivity (Wildman–Crippen MR) is 77.9 cm³/mol. The van der Waals surface area contributed by atoms with Crippen molar-refractivity contribution >= 4 is 11.8 Å². The summed E-state index contributed by atoms with van der Waals surface area (Å²) in [4.78, 5) is 18.8. The van der Waals surface area contributed by atoms with Crippen molar-refractivity contribution < 1.29 is 0 Å². The van der Waals surface area contributed by atoms with Gasteiger partial charge in [-0.25, -0.2) is 4.98 Å². The highest BCUT2D eigenvalue weighted by Crippen LogP contribution is 2.25. The summed E-state index contributed by atoms with van der Waals surface area (Å²) in [7, 11) is 0. The Morgan fingerprint density at radius 1 is 1.44 bits per heavy atom. The third-order valence-corrected chi connectivity index (χ3v) is 3.50. The number of hydrogen-bond acceptors (Lipinski definition) is 4. The van der Waals surface area contributed by atoms with Gasteiger partial charge in [-0.2, -0.15) is 0 Å². The number of H-pyrrole nitrogens is 1. The molecule has 1 rings (SSSR count). The van der Waals surface area contributed by atoms with Crippen molar-refractivity contribution in [1.29, 1.82) is 0 Å². The molecular weight excluding hydrogens is 246 g/mol. The Bertz CT molecular complexity index is 423. The molecule has 1 heterocycles. The van der Waals surface area contributed by atoms with Gasteiger partial charge in [-0.3, -0.25) is 4.79 Å². The summed E-state index contributed by atoms with van der Waals surface area (Å²) >= 11 is 1.78. The maximum Gasteiger partial charge on any atom is 0.251 e. The lowest BCUT2D eigenvalue weighted by atomic mass is 10.3. The lowest BCUT2D eigenvalue weighted by Crippen LogP contribution is -2.19. The average molecular weight is 269 g/mol. The largest absolute Gasteiger partial charge is 0.311 e. The molecule has 5 heteroatoms. The van der Waals surface area contributed by atoms with Gasteiger partial charge < -0.3 is 10.3 Å². The second-order valence-electron chi connectivity index (χ2n) is 5.26. The van der Waals surface area contributed by atoms with Crippen LogP contribution >= 0.6 is 11.8 Å². The zero-order valence-electron chi connectivity index (χ0n) is 11.7. The standard InChI is InChI=1S/C13H23N3OS/c1-5-6-14-8-10-7-12(17)16-11(15-10)9-18-13(2,3)4/h7,14H,5-6,8-9H2,1-4H3,(H,15,16,17). The van der Waals surface area contributed by atoms with Gasteiger partial charge in [-0.05, 0) is 13.0 Å². The summed E-state index contributed by atoms with van der Waals surface area (Å²) < 4.78 is 0.176. The van der Waals surface area contributed by atoms with E-state index < -0.39 is 0 Å². The quantitative estimate of drug-likeness (QED) is 0.778. The lowest BCUT2D eigenvalue weighted by molar-refractivity contribution is 0.659. The molecule has 0 bridgehead atoms. The lowest BCUT2D eigenvalue weighted by Gasteiger charge is -2.17. The van der Waals surface area contributed by atoms with Crippen LogP contribution in [0.4, 0.5) is 0 Å². The summed E-state index contributed by atoms with van der Waals surface area (Å²) in [5.74, 6) is 1.50. The van der Waals surface area contributed by atoms with Crippen LogP contribution < -0.4 is 10.9 Å². The zero-order valence-corrected chi connectivity index (χ0v) is 12.5. The molecule has 18 heavy (non-hydrogen) atoms. The van der Waals surface area contributed by atoms with Crippen molar-refractivity contribution in [2.45, 2.75) is 51.2 Å². The summed E-state index contributed by atoms with van der Waals surface area (Å²) in [6.45, 7) is 10.2. The SMILES string of the molecule is CCCNCc1cc(=O)[nH]c(CSC(C)(C)C)n1. The van der Waals surface area contributed by atoms with Gasteiger partial charge in [0.15, 0.2) is 0 Å². The predicted octanol–water partition coefficient (Wildman–Crippen LogP) is 2.30. The molecular formula is C13H23N3OS. The maximum absolute atomic E-state index is 11.5. The maximum atomic E-state index is 11.5. The van der Waals surface area contributed by atoms with Gasteiger partial charge in [0.1, 0.15) is 5.82 Å². The molecule has 0 aliphatic carbocycles. The molecule has 0 fully saturated rings. The van der Waals surface area contributed by atoms with E-state index in [-0.39, 0.29) is 10.3 Å². The molecule has 0 aliphatic heterocycles. The Morgan fingerprint density at radius 3 is 2.78 bits per heavy atom. The summed E-state index contributed by atoms with van der Waals surface area (Å²) in [5, 5.41) is 3.26. The third-order valence-electron chi connectivity index (χ3n) is 2.22. The van der Waals surface area contributed by atoms with E-state index in [4.69, 9.17) is 0 Å². The van der Waals surface area contributed by atoms with Gasteiger partial charge in [0.2, 0.25) is 0 Å². The van der Waals surface area contributed by atoms with Crippen LogP contribution in [0.25, 0.3) is 0 Å². The first-order valence-corrected chi connectivity index (χ1v) is 7.33. The minimum atomic E-state index is -0.0668. The normalized spacial score (nSPS) is 11.8. The Balaban J connectivity index is 2.65. The first kappa shape index (κ1) is 15.2. The number of hydrogen-bond donors (Lipinski definition) is 2. The van der Waals surface area contributed by atoms with E-state index in [1.165, 1.54) is 0 Å². The minimum absolute atomic E-state index is 0.0668. The van der Waals surface area contributed by atoms with Crippen LogP contribution in [-0.4, -0.2) is 21.3 Å². The number of aromatic amines is 1. The Labute approximate surface area is 113 Å². The molecule has 102 valence electrons. The van der Waals surface area contributed by atoms with Crippen molar-refractivity contribution in [1.82, 2.24) is 15.3 Å². The van der Waals surface area contributed by atoms with Crippen LogP contribution in [0.15, 0.2) is 10.9 Å². The van der Waals surface area contributed by atoms with Crippen molar-refractivity contribution in [2.24, 2.45) is 0 Å². The molecule has 0 saturated heterocycles. The van der Waals surface area contributed by atoms with Crippen LogP contribution in [-0.2, 0) is 12.3 Å². The number of nitrogens with zero attached hydrogens (tertiary/aromatic N) is 1. The molecule has 4 nitrogen and oxygen atoms in total. The topological polar surface area (TPSA) is 57.8 Å². The second-order valence-corrected chi connectivity index (χ2v) is 7.06. The smallest absolute Gasteiger partial charge is 0.251 e. The van der Waals surface area contributed by atoms with Crippen LogP contribution in [0.5, 0.6) is 0 Å². The van der Waals surface area contributed by atoms with Crippen molar-refractivity contribution in [3.05, 3.63) is 27.9 Å². The van der Waals surface area contributed by atoms with Gasteiger partial charge >= 0.3 is 0 Å². The average Bonchev–Trinajstić information content (AvgIpc) is 2.25. The van der Waals surface area contributed by atoms with Crippen LogP contribution in [0.1, 0.15) is 45.6 Å². The first-order valence-electron chi connectivity index (χ1n) is 6.34. The molecule has 1 aromatic heterocycles. The third kappa shape index (κ3) is 6.21. The molecule has 1 aromatic rings. The van der Waals surface area contributed by atoms with E-state index in [0.29, 0.717) is 6.54 Å². The molecule has 0 saturated carbocycles. The Hall–Kier alpha value is -0.810. The van der Waals surface area contributed by atoms with E-state index in [1.807, 2.05) is 0 Å². The van der Waals surface area contributed by atoms with E-state index in [9.17, 15) is 4.79 Å². The zero-order chi connectivity index (χ0) is 13.6. The molecule has 0 aliphatic rings. The minimum Gasteiger partial charge on any atom is -0.311 e. The first-order chi connectivity index (χ1) is 8.40. The summed E-state index contributed by atoms with van der Waals surface area (Å²) in [5.41, 5.74) is 0.750. The van der Waals surface area contributed by atoms with E-state index >= 15 is 0 Å². The fourth-order valence-electron chi connectivity index (χ4n) is 1.40. The van der Waals surface area contributed by atoms with Crippen LogP contribution in [0.3, 0.4) is 0 Å². The van der Waals surface area contributed by atoms with Crippen LogP contribution in [0, 0.1) is 0 Å². The molecule has 0 radical (unpaired) electrons. The van der Waals surface area contributed by atoms with E-state index in [1.54, 1.807) is 17.8 Å². The van der Waals surface area contributed by atoms with E-state index in [0.717, 1.165) is 30.2 Å². The molecule has 0 spiro atoms. The van der Waals surface area contributed by atoms with Crippen molar-refractivity contribution in [3.63, 3.8) is 0 Å². The monoisotopic (exact) mass is 269 g/mol. The van der Waals surface area contributed by atoms with Gasteiger partial charge in [-0.15, -0.1) is 11.8 Å². The molecule has 0 unspecified atom stereocenters. The molecule has 0 amide bonds. The van der Waals surface area contributed by atoms with Crippen molar-refractivity contribution in [2.75, 3.05) is 6.54 Å². The number of aromatic nitrogens is 2. The van der Waals surface area contributed by atoms with Gasteiger partial charge in [-0.1, -0.05) is 27.7 Å². The second kappa shape index (κ2) is 6.95. The number of rotatable bonds is 6. The fourth-order valence-corrected chi connectivity index (χ4v) is 2.11. The highest BCUT2D eigenvalue weighted by atomic mass is 32.2.